The van der Waals surface area contributed by atoms with Crippen molar-refractivity contribution in [3.05, 3.63) is 22.8 Å². The Morgan fingerprint density at radius 3 is 2.00 bits per heavy atom. The maximum Gasteiger partial charge on any atom is 0.282 e. The molecular formula is C24H39F3N4. The second-order valence-electron chi connectivity index (χ2n) is 8.50. The lowest BCUT2D eigenvalue weighted by atomic mass is 9.84. The summed E-state index contributed by atoms with van der Waals surface area (Å²) in [6.45, 7) is 11.3. The minimum atomic E-state index is -2.47. The predicted octanol–water partition coefficient (Wildman–Crippen LogP) is 6.02. The topological polar surface area (TPSA) is 48.8 Å². The van der Waals surface area contributed by atoms with Crippen molar-refractivity contribution in [2.24, 2.45) is 26.7 Å². The van der Waals surface area contributed by atoms with Gasteiger partial charge in [-0.05, 0) is 38.0 Å². The number of alkyl halides is 3. The Morgan fingerprint density at radius 1 is 0.968 bits per heavy atom. The number of rotatable bonds is 7. The molecule has 0 aromatic carbocycles. The van der Waals surface area contributed by atoms with Crippen molar-refractivity contribution in [1.82, 2.24) is 10.6 Å². The van der Waals surface area contributed by atoms with Gasteiger partial charge in [0.05, 0.1) is 18.8 Å². The molecule has 1 unspecified atom stereocenters. The second kappa shape index (κ2) is 11.2. The fraction of sp³-hybridized carbons (Fsp3) is 0.750. The predicted molar refractivity (Wildman–Crippen MR) is 123 cm³/mol. The van der Waals surface area contributed by atoms with Crippen molar-refractivity contribution >= 4 is 12.4 Å². The van der Waals surface area contributed by atoms with E-state index in [4.69, 9.17) is 0 Å². The number of aliphatic imine (C=N–C) groups is 2. The highest BCUT2D eigenvalue weighted by Crippen LogP contribution is 2.59. The van der Waals surface area contributed by atoms with Crippen molar-refractivity contribution in [3.8, 4) is 0 Å². The summed E-state index contributed by atoms with van der Waals surface area (Å²) >= 11 is 0. The number of hydrogen-bond acceptors (Lipinski definition) is 4. The van der Waals surface area contributed by atoms with Gasteiger partial charge in [0.15, 0.2) is 0 Å². The van der Waals surface area contributed by atoms with Gasteiger partial charge in [0.25, 0.3) is 6.43 Å². The van der Waals surface area contributed by atoms with E-state index in [9.17, 15) is 13.2 Å². The third-order valence-corrected chi connectivity index (χ3v) is 7.00. The van der Waals surface area contributed by atoms with Gasteiger partial charge in [-0.25, -0.2) is 13.2 Å². The molecule has 176 valence electrons. The zero-order valence-electron chi connectivity index (χ0n) is 19.7. The summed E-state index contributed by atoms with van der Waals surface area (Å²) < 4.78 is 38.4. The quantitative estimate of drug-likeness (QED) is 0.508. The summed E-state index contributed by atoms with van der Waals surface area (Å²) in [7, 11) is 0. The third kappa shape index (κ3) is 5.53. The first-order valence-corrected chi connectivity index (χ1v) is 11.8. The van der Waals surface area contributed by atoms with Crippen molar-refractivity contribution in [2.45, 2.75) is 79.6 Å². The molecule has 2 saturated carbocycles. The van der Waals surface area contributed by atoms with Crippen molar-refractivity contribution in [1.29, 1.82) is 0 Å². The van der Waals surface area contributed by atoms with Crippen molar-refractivity contribution in [2.75, 3.05) is 19.8 Å². The molecule has 31 heavy (non-hydrogen) atoms. The molecule has 2 fully saturated rings. The van der Waals surface area contributed by atoms with Crippen LogP contribution in [0.5, 0.6) is 0 Å². The molecule has 4 nitrogen and oxygen atoms in total. The van der Waals surface area contributed by atoms with Gasteiger partial charge in [-0.3, -0.25) is 9.98 Å². The Hall–Kier alpha value is -1.79. The minimum Gasteiger partial charge on any atom is -0.381 e. The van der Waals surface area contributed by atoms with E-state index in [0.29, 0.717) is 23.9 Å². The summed E-state index contributed by atoms with van der Waals surface area (Å²) in [6, 6.07) is 0. The molecule has 0 spiro atoms. The Kier molecular flexibility index (Phi) is 9.19. The largest absolute Gasteiger partial charge is 0.381 e. The lowest BCUT2D eigenvalue weighted by Gasteiger charge is -2.29. The highest BCUT2D eigenvalue weighted by molar-refractivity contribution is 5.64. The Morgan fingerprint density at radius 2 is 1.55 bits per heavy atom. The van der Waals surface area contributed by atoms with Crippen LogP contribution in [0, 0.1) is 16.7 Å². The molecule has 0 amide bonds. The first-order valence-electron chi connectivity index (χ1n) is 11.8. The van der Waals surface area contributed by atoms with Crippen LogP contribution in [0.25, 0.3) is 0 Å². The van der Waals surface area contributed by atoms with E-state index in [0.717, 1.165) is 37.9 Å². The summed E-state index contributed by atoms with van der Waals surface area (Å²) in [4.78, 5) is 7.98. The molecule has 1 atom stereocenters. The molecule has 0 bridgehead atoms. The van der Waals surface area contributed by atoms with Gasteiger partial charge in [0, 0.05) is 34.7 Å². The zero-order valence-corrected chi connectivity index (χ0v) is 19.7. The van der Waals surface area contributed by atoms with Gasteiger partial charge < -0.3 is 10.6 Å². The van der Waals surface area contributed by atoms with Gasteiger partial charge in [-0.15, -0.1) is 0 Å². The summed E-state index contributed by atoms with van der Waals surface area (Å²) in [5, 5.41) is 6.38. The van der Waals surface area contributed by atoms with Crippen molar-refractivity contribution < 1.29 is 13.2 Å². The molecule has 4 aliphatic rings. The fourth-order valence-corrected chi connectivity index (χ4v) is 4.55. The van der Waals surface area contributed by atoms with Crippen LogP contribution in [0.3, 0.4) is 0 Å². The molecule has 2 heterocycles. The van der Waals surface area contributed by atoms with Crippen LogP contribution in [0.2, 0.25) is 0 Å². The van der Waals surface area contributed by atoms with E-state index in [2.05, 4.69) is 41.4 Å². The van der Waals surface area contributed by atoms with E-state index in [-0.39, 0.29) is 16.5 Å². The molecule has 2 aliphatic carbocycles. The van der Waals surface area contributed by atoms with Crippen molar-refractivity contribution in [3.63, 3.8) is 0 Å². The third-order valence-electron chi connectivity index (χ3n) is 7.00. The molecule has 7 heteroatoms. The normalized spacial score (nSPS) is 23.1. The molecule has 0 saturated heterocycles. The average molecular weight is 441 g/mol. The van der Waals surface area contributed by atoms with Crippen LogP contribution in [-0.2, 0) is 0 Å². The van der Waals surface area contributed by atoms with Crippen LogP contribution in [-0.4, -0.2) is 38.6 Å². The number of halogens is 3. The van der Waals surface area contributed by atoms with E-state index in [1.807, 2.05) is 13.8 Å². The number of nitrogens with zero attached hydrogens (tertiary/aromatic N) is 2. The molecule has 0 radical (unpaired) electrons. The SMILES string of the molecule is CC.CCC(C)C1(C2=C(C(F)F)N=CCN2)CC1.CCC1(C2=C(CF)N=CCN2)CC1. The molecule has 2 aliphatic heterocycles. The second-order valence-corrected chi connectivity index (χ2v) is 8.50. The van der Waals surface area contributed by atoms with Crippen LogP contribution in [0.4, 0.5) is 13.2 Å². The van der Waals surface area contributed by atoms with Crippen LogP contribution >= 0.6 is 0 Å². The standard InChI is InChI=1S/C12H18F2N2.C10H15FN2.C2H6/c1-3-8(2)12(4-5-12)10-9(11(13)14)15-6-7-16-10;1-2-10(3-4-10)9-8(7-11)12-5-6-13-9;1-2/h6,8,11,16H,3-5,7H2,1-2H3;5,13H,2-4,6-7H2,1H3;1-2H3. The zero-order chi connectivity index (χ0) is 23.1. The first-order chi connectivity index (χ1) is 14.9. The average Bonchev–Trinajstić information content (AvgIpc) is 3.75. The van der Waals surface area contributed by atoms with Gasteiger partial charge in [0.1, 0.15) is 12.4 Å². The lowest BCUT2D eigenvalue weighted by Crippen LogP contribution is -2.32. The highest BCUT2D eigenvalue weighted by Gasteiger charge is 2.52. The van der Waals surface area contributed by atoms with Gasteiger partial charge in [-0.2, -0.15) is 0 Å². The van der Waals surface area contributed by atoms with Gasteiger partial charge in [0.2, 0.25) is 0 Å². The van der Waals surface area contributed by atoms with E-state index in [1.54, 1.807) is 6.21 Å². The minimum absolute atomic E-state index is 0.0379. The number of hydrogen-bond donors (Lipinski definition) is 2. The number of nitrogens with one attached hydrogen (secondary N) is 2. The van der Waals surface area contributed by atoms with Crippen LogP contribution < -0.4 is 10.6 Å². The van der Waals surface area contributed by atoms with Gasteiger partial charge in [-0.1, -0.05) is 41.0 Å². The molecule has 0 aromatic heterocycles. The summed E-state index contributed by atoms with van der Waals surface area (Å²) in [5.41, 5.74) is 2.56. The molecule has 2 N–H and O–H groups in total. The van der Waals surface area contributed by atoms with Crippen LogP contribution in [0.15, 0.2) is 32.8 Å². The van der Waals surface area contributed by atoms with Gasteiger partial charge >= 0.3 is 0 Å². The maximum atomic E-state index is 12.9. The Bertz CT molecular complexity index is 716. The lowest BCUT2D eigenvalue weighted by molar-refractivity contribution is 0.181. The van der Waals surface area contributed by atoms with E-state index >= 15 is 0 Å². The molecule has 4 rings (SSSR count). The Labute approximate surface area is 185 Å². The van der Waals surface area contributed by atoms with E-state index in [1.165, 1.54) is 19.1 Å². The first kappa shape index (κ1) is 25.5. The highest BCUT2D eigenvalue weighted by atomic mass is 19.3. The molecule has 0 aromatic rings. The smallest absolute Gasteiger partial charge is 0.282 e. The number of allylic oxidation sites excluding steroid dienone is 4. The van der Waals surface area contributed by atoms with E-state index < -0.39 is 13.1 Å². The fourth-order valence-electron chi connectivity index (χ4n) is 4.55. The maximum absolute atomic E-state index is 12.9. The Balaban J connectivity index is 0.000000208. The summed E-state index contributed by atoms with van der Waals surface area (Å²) in [5.74, 6) is 0.442. The molecular weight excluding hydrogens is 401 g/mol. The van der Waals surface area contributed by atoms with Crippen LogP contribution in [0.1, 0.15) is 73.1 Å². The monoisotopic (exact) mass is 440 g/mol. The summed E-state index contributed by atoms with van der Waals surface area (Å²) in [6.07, 6.45) is 7.30.